The second-order valence-electron chi connectivity index (χ2n) is 3.09. The van der Waals surface area contributed by atoms with Gasteiger partial charge in [0.05, 0.1) is 0 Å². The van der Waals surface area contributed by atoms with Crippen LogP contribution < -0.4 is 0 Å². The van der Waals surface area contributed by atoms with Gasteiger partial charge in [0.15, 0.2) is 0 Å². The van der Waals surface area contributed by atoms with E-state index >= 15 is 0 Å². The Balaban J connectivity index is 3.12. The highest BCUT2D eigenvalue weighted by atomic mass is 35.6. The fraction of sp³-hybridized carbons (Fsp3) is 0.714. The lowest BCUT2D eigenvalue weighted by Gasteiger charge is -2.06. The average molecular weight is 288 g/mol. The Bertz CT molecular complexity index is 387. The monoisotopic (exact) mass is 286 g/mol. The van der Waals surface area contributed by atoms with Gasteiger partial charge in [0.1, 0.15) is 6.54 Å². The number of alkyl halides is 3. The molecule has 0 fully saturated rings. The summed E-state index contributed by atoms with van der Waals surface area (Å²) in [4.78, 5) is 10.2. The van der Waals surface area contributed by atoms with Gasteiger partial charge in [0.25, 0.3) is 0 Å². The highest BCUT2D eigenvalue weighted by Gasteiger charge is 2.38. The Morgan fingerprint density at radius 2 is 2.12 bits per heavy atom. The molecule has 0 saturated heterocycles. The van der Waals surface area contributed by atoms with Crippen LogP contribution in [0, 0.1) is 10.1 Å². The van der Waals surface area contributed by atoms with Gasteiger partial charge in [-0.2, -0.15) is 0 Å². The van der Waals surface area contributed by atoms with Crippen LogP contribution >= 0.6 is 34.8 Å². The zero-order chi connectivity index (χ0) is 12.3. The van der Waals surface area contributed by atoms with E-state index in [0.29, 0.717) is 6.54 Å². The maximum Gasteiger partial charge on any atom is 0.372 e. The molecule has 0 bridgehead atoms. The first-order valence-corrected chi connectivity index (χ1v) is 5.66. The van der Waals surface area contributed by atoms with E-state index in [4.69, 9.17) is 34.8 Å². The normalized spacial score (nSPS) is 11.8. The topological polar surface area (TPSA) is 73.8 Å². The molecule has 90 valence electrons. The van der Waals surface area contributed by atoms with E-state index in [1.807, 2.05) is 6.92 Å². The Labute approximate surface area is 107 Å². The highest BCUT2D eigenvalue weighted by Crippen LogP contribution is 2.41. The molecule has 0 aromatic carbocycles. The van der Waals surface area contributed by atoms with Crippen LogP contribution in [0.2, 0.25) is 0 Å². The first-order chi connectivity index (χ1) is 7.38. The van der Waals surface area contributed by atoms with E-state index in [0.717, 1.165) is 17.5 Å². The maximum absolute atomic E-state index is 10.8. The molecular weight excluding hydrogens is 278 g/mol. The number of aryl methyl sites for hydroxylation is 1. The van der Waals surface area contributed by atoms with Gasteiger partial charge in [0.2, 0.25) is 9.49 Å². The van der Waals surface area contributed by atoms with Crippen LogP contribution in [-0.4, -0.2) is 19.9 Å². The van der Waals surface area contributed by atoms with E-state index in [-0.39, 0.29) is 11.5 Å². The van der Waals surface area contributed by atoms with Gasteiger partial charge < -0.3 is 10.1 Å². The second kappa shape index (κ2) is 5.16. The molecule has 0 aliphatic heterocycles. The number of unbranched alkanes of at least 4 members (excludes halogenated alkanes) is 1. The second-order valence-corrected chi connectivity index (χ2v) is 5.37. The van der Waals surface area contributed by atoms with Crippen LogP contribution in [0.25, 0.3) is 0 Å². The van der Waals surface area contributed by atoms with Crippen LogP contribution in [0.5, 0.6) is 0 Å². The predicted molar refractivity (Wildman–Crippen MR) is 60.8 cm³/mol. The van der Waals surface area contributed by atoms with Crippen LogP contribution in [0.15, 0.2) is 0 Å². The van der Waals surface area contributed by atoms with Gasteiger partial charge in [-0.15, -0.1) is 9.78 Å². The Morgan fingerprint density at radius 3 is 2.56 bits per heavy atom. The van der Waals surface area contributed by atoms with Crippen molar-refractivity contribution in [3.63, 3.8) is 0 Å². The number of aromatic nitrogens is 3. The maximum atomic E-state index is 10.8. The summed E-state index contributed by atoms with van der Waals surface area (Å²) in [6, 6.07) is 0. The van der Waals surface area contributed by atoms with E-state index in [2.05, 4.69) is 10.3 Å². The lowest BCUT2D eigenvalue weighted by atomic mass is 10.3. The highest BCUT2D eigenvalue weighted by molar-refractivity contribution is 6.66. The Kier molecular flexibility index (Phi) is 4.35. The molecule has 0 saturated carbocycles. The van der Waals surface area contributed by atoms with Gasteiger partial charge in [-0.3, -0.25) is 0 Å². The molecule has 1 aromatic rings. The molecule has 0 spiro atoms. The number of halogens is 3. The Morgan fingerprint density at radius 1 is 1.50 bits per heavy atom. The van der Waals surface area contributed by atoms with E-state index in [1.165, 1.54) is 0 Å². The quantitative estimate of drug-likeness (QED) is 0.485. The summed E-state index contributed by atoms with van der Waals surface area (Å²) in [5.74, 6) is -0.367. The average Bonchev–Trinajstić information content (AvgIpc) is 2.57. The fourth-order valence-electron chi connectivity index (χ4n) is 1.13. The number of nitrogens with zero attached hydrogens (tertiary/aromatic N) is 4. The van der Waals surface area contributed by atoms with Crippen molar-refractivity contribution < 1.29 is 4.92 Å². The van der Waals surface area contributed by atoms with Crippen molar-refractivity contribution in [1.82, 2.24) is 15.0 Å². The summed E-state index contributed by atoms with van der Waals surface area (Å²) >= 11 is 16.7. The minimum absolute atomic E-state index is 0.251. The first kappa shape index (κ1) is 13.5. The summed E-state index contributed by atoms with van der Waals surface area (Å²) in [7, 11) is 0. The van der Waals surface area contributed by atoms with Gasteiger partial charge in [-0.25, -0.2) is 0 Å². The van der Waals surface area contributed by atoms with Gasteiger partial charge in [-0.05, 0) is 11.3 Å². The van der Waals surface area contributed by atoms with Crippen molar-refractivity contribution in [3.05, 3.63) is 15.8 Å². The predicted octanol–water partition coefficient (Wildman–Crippen LogP) is 2.81. The zero-order valence-electron chi connectivity index (χ0n) is 8.36. The smallest absolute Gasteiger partial charge is 0.358 e. The number of nitro groups is 1. The molecule has 9 heteroatoms. The van der Waals surface area contributed by atoms with E-state index in [1.54, 1.807) is 0 Å². The third kappa shape index (κ3) is 2.96. The largest absolute Gasteiger partial charge is 0.372 e. The number of hydrogen-bond donors (Lipinski definition) is 0. The van der Waals surface area contributed by atoms with Crippen molar-refractivity contribution in [2.24, 2.45) is 0 Å². The molecule has 0 aliphatic carbocycles. The van der Waals surface area contributed by atoms with Crippen LogP contribution in [0.4, 0.5) is 5.82 Å². The molecule has 0 aliphatic rings. The van der Waals surface area contributed by atoms with E-state index in [9.17, 15) is 10.1 Å². The third-order valence-electron chi connectivity index (χ3n) is 1.87. The van der Waals surface area contributed by atoms with Gasteiger partial charge in [-0.1, -0.05) is 48.1 Å². The summed E-state index contributed by atoms with van der Waals surface area (Å²) in [5, 5.41) is 18.0. The Hall–Kier alpha value is -0.590. The van der Waals surface area contributed by atoms with Gasteiger partial charge in [0, 0.05) is 5.21 Å². The molecule has 1 rings (SSSR count). The third-order valence-corrected chi connectivity index (χ3v) is 2.41. The SMILES string of the molecule is CCCCn1nnc(C(Cl)(Cl)Cl)c1[N+](=O)[O-]. The van der Waals surface area contributed by atoms with Gasteiger partial charge >= 0.3 is 5.82 Å². The lowest BCUT2D eigenvalue weighted by Crippen LogP contribution is -2.09. The molecule has 6 nitrogen and oxygen atoms in total. The van der Waals surface area contributed by atoms with Crippen molar-refractivity contribution in [2.75, 3.05) is 0 Å². The molecule has 1 heterocycles. The number of hydrogen-bond acceptors (Lipinski definition) is 4. The zero-order valence-corrected chi connectivity index (χ0v) is 10.6. The summed E-state index contributed by atoms with van der Waals surface area (Å²) < 4.78 is -0.798. The van der Waals surface area contributed by atoms with Crippen LogP contribution in [0.3, 0.4) is 0 Å². The molecule has 1 aromatic heterocycles. The summed E-state index contributed by atoms with van der Waals surface area (Å²) in [5.41, 5.74) is -0.251. The van der Waals surface area contributed by atoms with Crippen molar-refractivity contribution in [3.8, 4) is 0 Å². The molecule has 0 atom stereocenters. The summed E-state index contributed by atoms with van der Waals surface area (Å²) in [6.45, 7) is 2.33. The molecular formula is C7H9Cl3N4O2. The summed E-state index contributed by atoms with van der Waals surface area (Å²) in [6.07, 6.45) is 1.61. The van der Waals surface area contributed by atoms with Crippen molar-refractivity contribution in [1.29, 1.82) is 0 Å². The fourth-order valence-corrected chi connectivity index (χ4v) is 1.50. The standard InChI is InChI=1S/C7H9Cl3N4O2/c1-2-3-4-13-6(14(15)16)5(11-12-13)7(8,9)10/h2-4H2,1H3. The lowest BCUT2D eigenvalue weighted by molar-refractivity contribution is -0.393. The minimum atomic E-state index is -1.94. The van der Waals surface area contributed by atoms with Crippen molar-refractivity contribution in [2.45, 2.75) is 30.1 Å². The molecule has 16 heavy (non-hydrogen) atoms. The number of rotatable bonds is 4. The van der Waals surface area contributed by atoms with Crippen LogP contribution in [-0.2, 0) is 10.3 Å². The molecule has 0 amide bonds. The molecule has 0 N–H and O–H groups in total. The van der Waals surface area contributed by atoms with Crippen molar-refractivity contribution >= 4 is 40.6 Å². The van der Waals surface area contributed by atoms with E-state index < -0.39 is 8.72 Å². The molecule has 0 radical (unpaired) electrons. The van der Waals surface area contributed by atoms with Crippen LogP contribution in [0.1, 0.15) is 25.5 Å². The first-order valence-electron chi connectivity index (χ1n) is 4.53. The molecule has 0 unspecified atom stereocenters. The minimum Gasteiger partial charge on any atom is -0.358 e.